The summed E-state index contributed by atoms with van der Waals surface area (Å²) in [6.45, 7) is 5.18. The molecule has 0 fully saturated rings. The molecule has 0 amide bonds. The van der Waals surface area contributed by atoms with Crippen LogP contribution in [0.2, 0.25) is 0 Å². The molecule has 0 spiro atoms. The molecule has 0 saturated heterocycles. The van der Waals surface area contributed by atoms with E-state index < -0.39 is 0 Å². The first-order valence-corrected chi connectivity index (χ1v) is 6.52. The van der Waals surface area contributed by atoms with Gasteiger partial charge in [0.25, 0.3) is 0 Å². The maximum absolute atomic E-state index is 6.29. The minimum atomic E-state index is 0.127. The lowest BCUT2D eigenvalue weighted by Gasteiger charge is -2.19. The van der Waals surface area contributed by atoms with E-state index >= 15 is 0 Å². The first-order valence-electron chi connectivity index (χ1n) is 6.52. The van der Waals surface area contributed by atoms with Crippen LogP contribution in [0.4, 0.5) is 0 Å². The molecule has 1 aromatic carbocycles. The van der Waals surface area contributed by atoms with Crippen LogP contribution in [0.5, 0.6) is 0 Å². The highest BCUT2D eigenvalue weighted by molar-refractivity contribution is 5.21. The zero-order valence-electron chi connectivity index (χ0n) is 11.1. The monoisotopic (exact) mass is 243 g/mol. The minimum Gasteiger partial charge on any atom is -0.327 e. The van der Waals surface area contributed by atoms with Crippen LogP contribution in [0.3, 0.4) is 0 Å². The van der Waals surface area contributed by atoms with E-state index in [1.807, 2.05) is 16.9 Å². The zero-order valence-corrected chi connectivity index (χ0v) is 11.1. The van der Waals surface area contributed by atoms with Gasteiger partial charge < -0.3 is 5.73 Å². The molecule has 0 radical (unpaired) electrons. The van der Waals surface area contributed by atoms with Gasteiger partial charge in [0.2, 0.25) is 0 Å². The summed E-state index contributed by atoms with van der Waals surface area (Å²) >= 11 is 0. The second-order valence-electron chi connectivity index (χ2n) is 4.77. The molecule has 2 N–H and O–H groups in total. The Labute approximate surface area is 109 Å². The van der Waals surface area contributed by atoms with E-state index in [2.05, 4.69) is 49.4 Å². The van der Waals surface area contributed by atoms with Crippen LogP contribution in [-0.2, 0) is 13.0 Å². The van der Waals surface area contributed by atoms with Crippen LogP contribution in [-0.4, -0.2) is 15.8 Å². The lowest BCUT2D eigenvalue weighted by molar-refractivity contribution is 0.563. The highest BCUT2D eigenvalue weighted by Gasteiger charge is 2.15. The molecule has 0 saturated carbocycles. The van der Waals surface area contributed by atoms with Crippen molar-refractivity contribution in [3.8, 4) is 0 Å². The fourth-order valence-corrected chi connectivity index (χ4v) is 2.14. The summed E-state index contributed by atoms with van der Waals surface area (Å²) < 4.78 is 1.94. The Bertz CT molecular complexity index is 475. The number of nitrogens with zero attached hydrogens (tertiary/aromatic N) is 2. The van der Waals surface area contributed by atoms with Gasteiger partial charge in [0.1, 0.15) is 0 Å². The van der Waals surface area contributed by atoms with E-state index in [0.717, 1.165) is 13.0 Å². The molecule has 2 rings (SSSR count). The molecule has 1 heterocycles. The molecule has 2 unspecified atom stereocenters. The van der Waals surface area contributed by atoms with Crippen molar-refractivity contribution in [2.24, 2.45) is 5.73 Å². The van der Waals surface area contributed by atoms with Gasteiger partial charge in [-0.05, 0) is 30.4 Å². The summed E-state index contributed by atoms with van der Waals surface area (Å²) in [5, 5.41) is 4.28. The standard InChI is InChI=1S/C15H21N3/c1-3-18-11-13(10-17-18)9-15(16)12(2)14-7-5-4-6-8-14/h4-8,10-12,15H,3,9,16H2,1-2H3. The Hall–Kier alpha value is -1.61. The van der Waals surface area contributed by atoms with Gasteiger partial charge in [0.15, 0.2) is 0 Å². The maximum atomic E-state index is 6.29. The van der Waals surface area contributed by atoms with E-state index in [0.29, 0.717) is 5.92 Å². The van der Waals surface area contributed by atoms with Gasteiger partial charge in [-0.15, -0.1) is 0 Å². The van der Waals surface area contributed by atoms with Crippen LogP contribution < -0.4 is 5.73 Å². The van der Waals surface area contributed by atoms with Crippen LogP contribution in [0.15, 0.2) is 42.7 Å². The Morgan fingerprint density at radius 1 is 1.28 bits per heavy atom. The number of aromatic nitrogens is 2. The van der Waals surface area contributed by atoms with E-state index in [-0.39, 0.29) is 6.04 Å². The van der Waals surface area contributed by atoms with Gasteiger partial charge in [-0.1, -0.05) is 37.3 Å². The summed E-state index contributed by atoms with van der Waals surface area (Å²) in [7, 11) is 0. The second kappa shape index (κ2) is 5.83. The van der Waals surface area contributed by atoms with E-state index in [4.69, 9.17) is 5.73 Å². The van der Waals surface area contributed by atoms with Crippen molar-refractivity contribution in [2.75, 3.05) is 0 Å². The molecular formula is C15H21N3. The van der Waals surface area contributed by atoms with Gasteiger partial charge >= 0.3 is 0 Å². The van der Waals surface area contributed by atoms with Crippen LogP contribution in [0.1, 0.15) is 30.9 Å². The fourth-order valence-electron chi connectivity index (χ4n) is 2.14. The molecule has 2 aromatic rings. The quantitative estimate of drug-likeness (QED) is 0.877. The predicted octanol–water partition coefficient (Wildman–Crippen LogP) is 2.58. The minimum absolute atomic E-state index is 0.127. The smallest absolute Gasteiger partial charge is 0.0522 e. The maximum Gasteiger partial charge on any atom is 0.0522 e. The SMILES string of the molecule is CCn1cc(CC(N)C(C)c2ccccc2)cn1. The largest absolute Gasteiger partial charge is 0.327 e. The van der Waals surface area contributed by atoms with Crippen LogP contribution in [0, 0.1) is 0 Å². The molecule has 1 aromatic heterocycles. The van der Waals surface area contributed by atoms with Crippen LogP contribution in [0.25, 0.3) is 0 Å². The first kappa shape index (κ1) is 12.8. The third kappa shape index (κ3) is 2.99. The number of aryl methyl sites for hydroxylation is 1. The van der Waals surface area contributed by atoms with E-state index in [1.54, 1.807) is 0 Å². The highest BCUT2D eigenvalue weighted by atomic mass is 15.3. The van der Waals surface area contributed by atoms with Gasteiger partial charge in [-0.3, -0.25) is 4.68 Å². The Morgan fingerprint density at radius 2 is 2.00 bits per heavy atom. The fraction of sp³-hybridized carbons (Fsp3) is 0.400. The van der Waals surface area contributed by atoms with Gasteiger partial charge in [0, 0.05) is 18.8 Å². The van der Waals surface area contributed by atoms with E-state index in [1.165, 1.54) is 11.1 Å². The average molecular weight is 243 g/mol. The summed E-state index contributed by atoms with van der Waals surface area (Å²) in [5.74, 6) is 0.358. The third-order valence-electron chi connectivity index (χ3n) is 3.45. The molecule has 0 bridgehead atoms. The summed E-state index contributed by atoms with van der Waals surface area (Å²) in [4.78, 5) is 0. The molecular weight excluding hydrogens is 222 g/mol. The molecule has 96 valence electrons. The predicted molar refractivity (Wildman–Crippen MR) is 74.4 cm³/mol. The average Bonchev–Trinajstić information content (AvgIpc) is 2.86. The van der Waals surface area contributed by atoms with Crippen molar-refractivity contribution in [3.05, 3.63) is 53.9 Å². The Balaban J connectivity index is 2.01. The normalized spacial score (nSPS) is 14.4. The number of hydrogen-bond donors (Lipinski definition) is 1. The van der Waals surface area contributed by atoms with Crippen molar-refractivity contribution >= 4 is 0 Å². The number of hydrogen-bond acceptors (Lipinski definition) is 2. The third-order valence-corrected chi connectivity index (χ3v) is 3.45. The van der Waals surface area contributed by atoms with Gasteiger partial charge in [-0.25, -0.2) is 0 Å². The van der Waals surface area contributed by atoms with Crippen LogP contribution >= 0.6 is 0 Å². The van der Waals surface area contributed by atoms with Crippen molar-refractivity contribution in [1.29, 1.82) is 0 Å². The summed E-state index contributed by atoms with van der Waals surface area (Å²) in [6, 6.07) is 10.6. The molecule has 3 heteroatoms. The highest BCUT2D eigenvalue weighted by Crippen LogP contribution is 2.20. The molecule has 2 atom stereocenters. The number of nitrogens with two attached hydrogens (primary N) is 1. The molecule has 0 aliphatic rings. The second-order valence-corrected chi connectivity index (χ2v) is 4.77. The van der Waals surface area contributed by atoms with Crippen molar-refractivity contribution < 1.29 is 0 Å². The molecule has 3 nitrogen and oxygen atoms in total. The zero-order chi connectivity index (χ0) is 13.0. The Morgan fingerprint density at radius 3 is 2.61 bits per heavy atom. The molecule has 0 aliphatic heterocycles. The Kier molecular flexibility index (Phi) is 4.15. The topological polar surface area (TPSA) is 43.8 Å². The number of benzene rings is 1. The van der Waals surface area contributed by atoms with Gasteiger partial charge in [-0.2, -0.15) is 5.10 Å². The van der Waals surface area contributed by atoms with E-state index in [9.17, 15) is 0 Å². The number of rotatable bonds is 5. The lowest BCUT2D eigenvalue weighted by Crippen LogP contribution is -2.29. The molecule has 18 heavy (non-hydrogen) atoms. The summed E-state index contributed by atoms with van der Waals surface area (Å²) in [6.07, 6.45) is 4.87. The summed E-state index contributed by atoms with van der Waals surface area (Å²) in [5.41, 5.74) is 8.81. The first-order chi connectivity index (χ1) is 8.70. The van der Waals surface area contributed by atoms with Crippen molar-refractivity contribution in [1.82, 2.24) is 9.78 Å². The van der Waals surface area contributed by atoms with Crippen molar-refractivity contribution in [3.63, 3.8) is 0 Å². The lowest BCUT2D eigenvalue weighted by atomic mass is 9.90. The van der Waals surface area contributed by atoms with Gasteiger partial charge in [0.05, 0.1) is 6.20 Å². The molecule has 0 aliphatic carbocycles. The van der Waals surface area contributed by atoms with Crippen molar-refractivity contribution in [2.45, 2.75) is 38.8 Å².